The van der Waals surface area contributed by atoms with Crippen molar-refractivity contribution in [3.05, 3.63) is 36.3 Å². The van der Waals surface area contributed by atoms with E-state index in [1.165, 1.54) is 7.05 Å². The van der Waals surface area contributed by atoms with Crippen LogP contribution in [0.2, 0.25) is 0 Å². The second-order valence-electron chi connectivity index (χ2n) is 4.49. The number of nitrogens with zero attached hydrogens (tertiary/aromatic N) is 5. The number of halogens is 6. The molecule has 12 heteroatoms. The van der Waals surface area contributed by atoms with E-state index in [2.05, 4.69) is 26.5 Å². The Balaban J connectivity index is 3.33. The highest BCUT2D eigenvalue weighted by Crippen LogP contribution is 2.31. The number of hydrogen-bond acceptors (Lipinski definition) is 5. The van der Waals surface area contributed by atoms with Crippen molar-refractivity contribution in [3.63, 3.8) is 0 Å². The first-order chi connectivity index (χ1) is 11.5. The number of aliphatic imine (C=N–C) groups is 1. The van der Waals surface area contributed by atoms with Gasteiger partial charge in [0.1, 0.15) is 0 Å². The standard InChI is InChI=1S/C13H15ClF5N5O/c1-4-6-10(25-8-12(15,16)17)23(3)24-9(7-20-5-2)21-22-11(24)13(14,18)19/h4,6-7H,1,5,8H2,2-3H3/b10-6+,20-7-. The Morgan fingerprint density at radius 3 is 2.48 bits per heavy atom. The topological polar surface area (TPSA) is 55.5 Å². The Hall–Kier alpha value is -2.17. The van der Waals surface area contributed by atoms with Crippen molar-refractivity contribution in [2.75, 3.05) is 25.2 Å². The first kappa shape index (κ1) is 20.9. The quantitative estimate of drug-likeness (QED) is 0.226. The molecule has 0 fully saturated rings. The number of hydrogen-bond donors (Lipinski definition) is 0. The molecule has 0 saturated heterocycles. The van der Waals surface area contributed by atoms with E-state index in [-0.39, 0.29) is 5.82 Å². The Morgan fingerprint density at radius 2 is 2.00 bits per heavy atom. The molecule has 0 radical (unpaired) electrons. The summed E-state index contributed by atoms with van der Waals surface area (Å²) in [7, 11) is 1.17. The molecule has 0 amide bonds. The molecule has 1 aromatic rings. The lowest BCUT2D eigenvalue weighted by Crippen LogP contribution is -2.36. The zero-order chi connectivity index (χ0) is 19.3. The summed E-state index contributed by atoms with van der Waals surface area (Å²) in [5.74, 6) is -1.62. The maximum atomic E-state index is 13.5. The molecule has 140 valence electrons. The second-order valence-corrected chi connectivity index (χ2v) is 4.96. The zero-order valence-corrected chi connectivity index (χ0v) is 14.0. The molecule has 0 spiro atoms. The molecular formula is C13H15ClF5N5O. The lowest BCUT2D eigenvalue weighted by atomic mass is 10.5. The van der Waals surface area contributed by atoms with Gasteiger partial charge in [0, 0.05) is 13.6 Å². The van der Waals surface area contributed by atoms with Crippen LogP contribution >= 0.6 is 11.6 Å². The lowest BCUT2D eigenvalue weighted by Gasteiger charge is -2.26. The van der Waals surface area contributed by atoms with Gasteiger partial charge in [-0.05, 0) is 24.6 Å². The fourth-order valence-electron chi connectivity index (χ4n) is 1.62. The number of ether oxygens (including phenoxy) is 1. The van der Waals surface area contributed by atoms with Crippen molar-refractivity contribution in [3.8, 4) is 0 Å². The molecule has 0 N–H and O–H groups in total. The summed E-state index contributed by atoms with van der Waals surface area (Å²) in [6.45, 7) is 3.72. The molecule has 0 unspecified atom stereocenters. The molecule has 0 atom stereocenters. The highest BCUT2D eigenvalue weighted by molar-refractivity contribution is 6.21. The summed E-state index contributed by atoms with van der Waals surface area (Å²) in [4.78, 5) is 3.85. The third-order valence-electron chi connectivity index (χ3n) is 2.57. The monoisotopic (exact) mass is 387 g/mol. The summed E-state index contributed by atoms with van der Waals surface area (Å²) in [5, 5.41) is 3.71. The average molecular weight is 388 g/mol. The van der Waals surface area contributed by atoms with Crippen molar-refractivity contribution in [2.24, 2.45) is 4.99 Å². The molecule has 1 aromatic heterocycles. The molecule has 1 heterocycles. The van der Waals surface area contributed by atoms with Gasteiger partial charge < -0.3 is 4.74 Å². The van der Waals surface area contributed by atoms with Crippen molar-refractivity contribution in [1.82, 2.24) is 14.9 Å². The summed E-state index contributed by atoms with van der Waals surface area (Å²) < 4.78 is 69.6. The van der Waals surface area contributed by atoms with E-state index in [4.69, 9.17) is 11.6 Å². The van der Waals surface area contributed by atoms with E-state index in [0.717, 1.165) is 23.4 Å². The minimum absolute atomic E-state index is 0.176. The van der Waals surface area contributed by atoms with Gasteiger partial charge in [0.25, 0.3) is 0 Å². The molecule has 0 aromatic carbocycles. The number of rotatable bonds is 8. The predicted molar refractivity (Wildman–Crippen MR) is 82.3 cm³/mol. The smallest absolute Gasteiger partial charge is 0.422 e. The van der Waals surface area contributed by atoms with Crippen LogP contribution in [-0.4, -0.2) is 47.5 Å². The Morgan fingerprint density at radius 1 is 1.36 bits per heavy atom. The highest BCUT2D eigenvalue weighted by atomic mass is 35.5. The Bertz CT molecular complexity index is 650. The van der Waals surface area contributed by atoms with E-state index in [0.29, 0.717) is 11.2 Å². The third-order valence-corrected chi connectivity index (χ3v) is 2.74. The maximum Gasteiger partial charge on any atom is 0.422 e. The van der Waals surface area contributed by atoms with Crippen molar-refractivity contribution < 1.29 is 26.7 Å². The van der Waals surface area contributed by atoms with Crippen LogP contribution in [0.25, 0.3) is 0 Å². The van der Waals surface area contributed by atoms with Crippen LogP contribution in [0.4, 0.5) is 22.0 Å². The van der Waals surface area contributed by atoms with Gasteiger partial charge in [0.05, 0.1) is 6.21 Å². The zero-order valence-electron chi connectivity index (χ0n) is 13.3. The summed E-state index contributed by atoms with van der Waals surface area (Å²) in [5.41, 5.74) is 0. The van der Waals surface area contributed by atoms with Gasteiger partial charge in [-0.3, -0.25) is 4.99 Å². The van der Waals surface area contributed by atoms with Crippen LogP contribution in [0, 0.1) is 0 Å². The minimum atomic E-state index is -4.62. The fraction of sp³-hybridized carbons (Fsp3) is 0.462. The van der Waals surface area contributed by atoms with Crippen LogP contribution in [-0.2, 0) is 10.1 Å². The predicted octanol–water partition coefficient (Wildman–Crippen LogP) is 3.18. The van der Waals surface area contributed by atoms with Gasteiger partial charge in [0.2, 0.25) is 11.7 Å². The van der Waals surface area contributed by atoms with E-state index in [1.807, 2.05) is 0 Å². The molecule has 0 saturated carbocycles. The highest BCUT2D eigenvalue weighted by Gasteiger charge is 2.38. The van der Waals surface area contributed by atoms with Gasteiger partial charge in [-0.15, -0.1) is 10.2 Å². The lowest BCUT2D eigenvalue weighted by molar-refractivity contribution is -0.165. The number of allylic oxidation sites excluding steroid dienone is 2. The minimum Gasteiger partial charge on any atom is -0.468 e. The summed E-state index contributed by atoms with van der Waals surface area (Å²) >= 11 is 5.00. The summed E-state index contributed by atoms with van der Waals surface area (Å²) in [6.07, 6.45) is -1.31. The van der Waals surface area contributed by atoms with Gasteiger partial charge >= 0.3 is 11.6 Å². The molecule has 6 nitrogen and oxygen atoms in total. The van der Waals surface area contributed by atoms with Crippen LogP contribution in [0.1, 0.15) is 18.6 Å². The number of alkyl halides is 6. The molecule has 0 bridgehead atoms. The molecule has 0 aliphatic rings. The normalized spacial score (nSPS) is 13.4. The van der Waals surface area contributed by atoms with Crippen molar-refractivity contribution in [1.29, 1.82) is 0 Å². The fourth-order valence-corrected chi connectivity index (χ4v) is 1.74. The Kier molecular flexibility index (Phi) is 6.91. The maximum absolute atomic E-state index is 13.5. The Labute approximate surface area is 145 Å². The van der Waals surface area contributed by atoms with Crippen molar-refractivity contribution >= 4 is 17.8 Å². The first-order valence-corrected chi connectivity index (χ1v) is 7.17. The molecule has 25 heavy (non-hydrogen) atoms. The number of aromatic nitrogens is 3. The molecular weight excluding hydrogens is 373 g/mol. The van der Waals surface area contributed by atoms with Crippen LogP contribution in [0.15, 0.2) is 29.6 Å². The van der Waals surface area contributed by atoms with Crippen LogP contribution in [0.5, 0.6) is 0 Å². The van der Waals surface area contributed by atoms with Crippen LogP contribution < -0.4 is 5.01 Å². The van der Waals surface area contributed by atoms with Gasteiger partial charge in [-0.25, -0.2) is 9.69 Å². The average Bonchev–Trinajstić information content (AvgIpc) is 2.91. The second kappa shape index (κ2) is 8.28. The molecule has 0 aliphatic heterocycles. The van der Waals surface area contributed by atoms with Gasteiger partial charge in [-0.2, -0.15) is 22.0 Å². The first-order valence-electron chi connectivity index (χ1n) is 6.80. The molecule has 1 rings (SSSR count). The van der Waals surface area contributed by atoms with Crippen molar-refractivity contribution in [2.45, 2.75) is 18.5 Å². The van der Waals surface area contributed by atoms with Gasteiger partial charge in [-0.1, -0.05) is 12.7 Å². The third kappa shape index (κ3) is 6.00. The largest absolute Gasteiger partial charge is 0.468 e. The van der Waals surface area contributed by atoms with Gasteiger partial charge in [0.15, 0.2) is 12.4 Å². The van der Waals surface area contributed by atoms with E-state index in [9.17, 15) is 22.0 Å². The summed E-state index contributed by atoms with van der Waals surface area (Å²) in [6, 6.07) is 0. The van der Waals surface area contributed by atoms with Crippen LogP contribution in [0.3, 0.4) is 0 Å². The van der Waals surface area contributed by atoms with E-state index in [1.54, 1.807) is 6.92 Å². The molecule has 0 aliphatic carbocycles. The van der Waals surface area contributed by atoms with E-state index < -0.39 is 29.9 Å². The van der Waals surface area contributed by atoms with E-state index >= 15 is 0 Å². The SMILES string of the molecule is C=C/C=C(/OCC(F)(F)F)N(C)n1c(/C=N\CC)nnc1C(F)(F)Cl.